The Morgan fingerprint density at radius 3 is 2.86 bits per heavy atom. The normalized spacial score (nSPS) is 23.0. The van der Waals surface area contributed by atoms with Gasteiger partial charge in [0, 0.05) is 25.2 Å². The van der Waals surface area contributed by atoms with Crippen LogP contribution in [0.25, 0.3) is 0 Å². The Kier molecular flexibility index (Phi) is 5.14. The molecule has 21 heavy (non-hydrogen) atoms. The van der Waals surface area contributed by atoms with E-state index in [0.717, 1.165) is 18.5 Å². The Bertz CT molecular complexity index is 507. The number of nitro groups is 1. The molecule has 1 saturated heterocycles. The lowest BCUT2D eigenvalue weighted by atomic mass is 9.90. The van der Waals surface area contributed by atoms with E-state index < -0.39 is 0 Å². The first-order chi connectivity index (χ1) is 10.0. The predicted molar refractivity (Wildman–Crippen MR) is 81.3 cm³/mol. The smallest absolute Gasteiger partial charge is 0.273 e. The van der Waals surface area contributed by atoms with Crippen LogP contribution in [0, 0.1) is 16.0 Å². The SMILES string of the molecule is COc1cc(CN2CCCC(C)C2CN)cc([N+](=O)[O-])c1. The maximum Gasteiger partial charge on any atom is 0.273 e. The summed E-state index contributed by atoms with van der Waals surface area (Å²) in [5.74, 6) is 1.08. The zero-order valence-corrected chi connectivity index (χ0v) is 12.6. The van der Waals surface area contributed by atoms with Crippen LogP contribution in [-0.4, -0.2) is 36.1 Å². The van der Waals surface area contributed by atoms with Gasteiger partial charge in [-0.05, 0) is 36.9 Å². The number of benzene rings is 1. The van der Waals surface area contributed by atoms with Crippen molar-refractivity contribution in [3.63, 3.8) is 0 Å². The second kappa shape index (κ2) is 6.87. The van der Waals surface area contributed by atoms with E-state index in [1.165, 1.54) is 19.6 Å². The third-order valence-electron chi connectivity index (χ3n) is 4.26. The Morgan fingerprint density at radius 2 is 2.24 bits per heavy atom. The van der Waals surface area contributed by atoms with Gasteiger partial charge in [-0.3, -0.25) is 15.0 Å². The van der Waals surface area contributed by atoms with Gasteiger partial charge in [0.1, 0.15) is 5.75 Å². The number of non-ortho nitro benzene ring substituents is 1. The van der Waals surface area contributed by atoms with Crippen LogP contribution < -0.4 is 10.5 Å². The van der Waals surface area contributed by atoms with E-state index in [1.807, 2.05) is 6.07 Å². The molecule has 0 bridgehead atoms. The first-order valence-corrected chi connectivity index (χ1v) is 7.31. The maximum atomic E-state index is 11.0. The van der Waals surface area contributed by atoms with Crippen LogP contribution in [0.1, 0.15) is 25.3 Å². The molecule has 0 radical (unpaired) electrons. The summed E-state index contributed by atoms with van der Waals surface area (Å²) >= 11 is 0. The number of piperidine rings is 1. The molecule has 1 fully saturated rings. The summed E-state index contributed by atoms with van der Waals surface area (Å²) in [6.45, 7) is 4.49. The van der Waals surface area contributed by atoms with Crippen molar-refractivity contribution in [1.82, 2.24) is 4.90 Å². The molecule has 2 atom stereocenters. The molecule has 1 aromatic carbocycles. The molecule has 116 valence electrons. The van der Waals surface area contributed by atoms with E-state index in [1.54, 1.807) is 6.07 Å². The highest BCUT2D eigenvalue weighted by Gasteiger charge is 2.27. The average molecular weight is 293 g/mol. The van der Waals surface area contributed by atoms with Crippen LogP contribution in [0.3, 0.4) is 0 Å². The quantitative estimate of drug-likeness (QED) is 0.664. The molecule has 2 unspecified atom stereocenters. The van der Waals surface area contributed by atoms with Gasteiger partial charge in [0.25, 0.3) is 5.69 Å². The van der Waals surface area contributed by atoms with E-state index in [-0.39, 0.29) is 10.6 Å². The van der Waals surface area contributed by atoms with E-state index in [4.69, 9.17) is 10.5 Å². The third-order valence-corrected chi connectivity index (χ3v) is 4.26. The van der Waals surface area contributed by atoms with Crippen molar-refractivity contribution in [2.24, 2.45) is 11.7 Å². The van der Waals surface area contributed by atoms with Crippen LogP contribution in [0.2, 0.25) is 0 Å². The van der Waals surface area contributed by atoms with Crippen molar-refractivity contribution in [2.75, 3.05) is 20.2 Å². The van der Waals surface area contributed by atoms with E-state index in [2.05, 4.69) is 11.8 Å². The fraction of sp³-hybridized carbons (Fsp3) is 0.600. The van der Waals surface area contributed by atoms with Gasteiger partial charge in [-0.1, -0.05) is 6.92 Å². The fourth-order valence-corrected chi connectivity index (χ4v) is 3.10. The molecular formula is C15H23N3O3. The summed E-state index contributed by atoms with van der Waals surface area (Å²) in [6, 6.07) is 5.27. The topological polar surface area (TPSA) is 81.6 Å². The fourth-order valence-electron chi connectivity index (χ4n) is 3.10. The number of nitrogens with two attached hydrogens (primary N) is 1. The second-order valence-electron chi connectivity index (χ2n) is 5.69. The van der Waals surface area contributed by atoms with E-state index in [9.17, 15) is 10.1 Å². The lowest BCUT2D eigenvalue weighted by molar-refractivity contribution is -0.385. The molecule has 1 heterocycles. The van der Waals surface area contributed by atoms with Crippen LogP contribution >= 0.6 is 0 Å². The number of hydrogen-bond acceptors (Lipinski definition) is 5. The molecule has 1 aliphatic heterocycles. The Labute approximate surface area is 125 Å². The van der Waals surface area contributed by atoms with Gasteiger partial charge < -0.3 is 10.5 Å². The van der Waals surface area contributed by atoms with Crippen molar-refractivity contribution in [3.8, 4) is 5.75 Å². The van der Waals surface area contributed by atoms with Gasteiger partial charge in [-0.2, -0.15) is 0 Å². The molecule has 0 spiro atoms. The largest absolute Gasteiger partial charge is 0.496 e. The Balaban J connectivity index is 2.21. The minimum absolute atomic E-state index is 0.0682. The number of hydrogen-bond donors (Lipinski definition) is 1. The van der Waals surface area contributed by atoms with Crippen LogP contribution in [-0.2, 0) is 6.54 Å². The summed E-state index contributed by atoms with van der Waals surface area (Å²) in [4.78, 5) is 12.9. The average Bonchev–Trinajstić information content (AvgIpc) is 2.47. The third kappa shape index (κ3) is 3.71. The van der Waals surface area contributed by atoms with Crippen LogP contribution in [0.15, 0.2) is 18.2 Å². The molecule has 2 N–H and O–H groups in total. The molecule has 0 saturated carbocycles. The first-order valence-electron chi connectivity index (χ1n) is 7.31. The van der Waals surface area contributed by atoms with E-state index in [0.29, 0.717) is 30.8 Å². The number of nitro benzene ring substituents is 1. The molecule has 0 aliphatic carbocycles. The Hall–Kier alpha value is -1.66. The molecular weight excluding hydrogens is 270 g/mol. The molecule has 1 aromatic rings. The maximum absolute atomic E-state index is 11.0. The summed E-state index contributed by atoms with van der Waals surface area (Å²) in [6.07, 6.45) is 2.33. The number of nitrogens with zero attached hydrogens (tertiary/aromatic N) is 2. The van der Waals surface area contributed by atoms with Gasteiger partial charge in [-0.15, -0.1) is 0 Å². The number of ether oxygens (including phenoxy) is 1. The highest BCUT2D eigenvalue weighted by molar-refractivity contribution is 5.42. The van der Waals surface area contributed by atoms with Gasteiger partial charge >= 0.3 is 0 Å². The van der Waals surface area contributed by atoms with Crippen molar-refractivity contribution in [1.29, 1.82) is 0 Å². The summed E-state index contributed by atoms with van der Waals surface area (Å²) < 4.78 is 5.16. The lowest BCUT2D eigenvalue weighted by Gasteiger charge is -2.39. The van der Waals surface area contributed by atoms with Gasteiger partial charge in [0.05, 0.1) is 18.1 Å². The number of methoxy groups -OCH3 is 1. The van der Waals surface area contributed by atoms with Gasteiger partial charge in [0.2, 0.25) is 0 Å². The zero-order valence-electron chi connectivity index (χ0n) is 12.6. The lowest BCUT2D eigenvalue weighted by Crippen LogP contribution is -2.48. The summed E-state index contributed by atoms with van der Waals surface area (Å²) in [5, 5.41) is 11.0. The Morgan fingerprint density at radius 1 is 1.48 bits per heavy atom. The predicted octanol–water partition coefficient (Wildman–Crippen LogP) is 2.16. The zero-order chi connectivity index (χ0) is 15.4. The van der Waals surface area contributed by atoms with Crippen molar-refractivity contribution in [2.45, 2.75) is 32.4 Å². The molecule has 0 aromatic heterocycles. The highest BCUT2D eigenvalue weighted by atomic mass is 16.6. The highest BCUT2D eigenvalue weighted by Crippen LogP contribution is 2.27. The van der Waals surface area contributed by atoms with Crippen molar-refractivity contribution in [3.05, 3.63) is 33.9 Å². The molecule has 6 heteroatoms. The van der Waals surface area contributed by atoms with Crippen molar-refractivity contribution < 1.29 is 9.66 Å². The summed E-state index contributed by atoms with van der Waals surface area (Å²) in [5.41, 5.74) is 6.86. The van der Waals surface area contributed by atoms with Crippen LogP contribution in [0.5, 0.6) is 5.75 Å². The molecule has 6 nitrogen and oxygen atoms in total. The standard InChI is InChI=1S/C15H23N3O3/c1-11-4-3-5-17(15(11)9-16)10-12-6-13(18(19)20)8-14(7-12)21-2/h6-8,11,15H,3-5,9-10,16H2,1-2H3. The number of rotatable bonds is 5. The number of likely N-dealkylation sites (tertiary alicyclic amines) is 1. The molecule has 0 amide bonds. The van der Waals surface area contributed by atoms with Gasteiger partial charge in [0.15, 0.2) is 0 Å². The van der Waals surface area contributed by atoms with Crippen LogP contribution in [0.4, 0.5) is 5.69 Å². The minimum Gasteiger partial charge on any atom is -0.496 e. The van der Waals surface area contributed by atoms with Crippen molar-refractivity contribution >= 4 is 5.69 Å². The van der Waals surface area contributed by atoms with E-state index >= 15 is 0 Å². The first kappa shape index (κ1) is 15.7. The minimum atomic E-state index is -0.384. The monoisotopic (exact) mass is 293 g/mol. The van der Waals surface area contributed by atoms with Gasteiger partial charge in [-0.25, -0.2) is 0 Å². The molecule has 1 aliphatic rings. The summed E-state index contributed by atoms with van der Waals surface area (Å²) in [7, 11) is 1.52. The second-order valence-corrected chi connectivity index (χ2v) is 5.69. The molecule has 2 rings (SSSR count).